The molecule has 2 rings (SSSR count). The van der Waals surface area contributed by atoms with E-state index in [0.29, 0.717) is 5.75 Å². The lowest BCUT2D eigenvalue weighted by Gasteiger charge is -1.96. The summed E-state index contributed by atoms with van der Waals surface area (Å²) >= 11 is 1.77. The minimum atomic E-state index is 0.317. The topological polar surface area (TPSA) is 20.2 Å². The molecule has 0 saturated carbocycles. The Morgan fingerprint density at radius 2 is 1.56 bits per heavy atom. The van der Waals surface area contributed by atoms with Crippen molar-refractivity contribution < 1.29 is 5.11 Å². The van der Waals surface area contributed by atoms with Gasteiger partial charge in [-0.2, -0.15) is 0 Å². The summed E-state index contributed by atoms with van der Waals surface area (Å²) in [6.45, 7) is 6.34. The summed E-state index contributed by atoms with van der Waals surface area (Å²) in [6.07, 6.45) is 1.25. The average Bonchev–Trinajstić information content (AvgIpc) is 2.67. The molecular weight excluding hydrogens is 216 g/mol. The Kier molecular flexibility index (Phi) is 5.06. The molecule has 0 atom stereocenters. The third-order valence-electron chi connectivity index (χ3n) is 1.89. The van der Waals surface area contributed by atoms with Crippen LogP contribution in [-0.4, -0.2) is 5.11 Å². The van der Waals surface area contributed by atoms with Gasteiger partial charge in [0.25, 0.3) is 0 Å². The molecule has 2 aromatic rings. The van der Waals surface area contributed by atoms with Gasteiger partial charge in [-0.25, -0.2) is 0 Å². The highest BCUT2D eigenvalue weighted by molar-refractivity contribution is 7.15. The Morgan fingerprint density at radius 3 is 2.00 bits per heavy atom. The summed E-state index contributed by atoms with van der Waals surface area (Å²) in [5, 5.41) is 9.11. The second-order valence-corrected chi connectivity index (χ2v) is 4.95. The van der Waals surface area contributed by atoms with E-state index in [1.54, 1.807) is 23.5 Å². The zero-order valence-corrected chi connectivity index (χ0v) is 10.8. The molecule has 0 saturated heterocycles. The highest BCUT2D eigenvalue weighted by atomic mass is 32.1. The van der Waals surface area contributed by atoms with Crippen molar-refractivity contribution in [3.63, 3.8) is 0 Å². The molecule has 0 aliphatic rings. The van der Waals surface area contributed by atoms with E-state index in [-0.39, 0.29) is 0 Å². The van der Waals surface area contributed by atoms with Crippen LogP contribution in [0.3, 0.4) is 0 Å². The van der Waals surface area contributed by atoms with E-state index in [1.165, 1.54) is 16.2 Å². The maximum atomic E-state index is 9.11. The molecule has 0 fully saturated rings. The first-order valence-electron chi connectivity index (χ1n) is 5.53. The van der Waals surface area contributed by atoms with Crippen LogP contribution in [0.1, 0.15) is 25.1 Å². The third kappa shape index (κ3) is 3.70. The molecule has 1 heterocycles. The smallest absolute Gasteiger partial charge is 0.115 e. The molecule has 16 heavy (non-hydrogen) atoms. The van der Waals surface area contributed by atoms with E-state index in [0.717, 1.165) is 5.56 Å². The van der Waals surface area contributed by atoms with Crippen LogP contribution >= 0.6 is 11.3 Å². The monoisotopic (exact) mass is 234 g/mol. The van der Waals surface area contributed by atoms with Gasteiger partial charge in [0, 0.05) is 9.75 Å². The van der Waals surface area contributed by atoms with Crippen molar-refractivity contribution >= 4 is 11.3 Å². The van der Waals surface area contributed by atoms with Crippen LogP contribution in [0.25, 0.3) is 10.4 Å². The van der Waals surface area contributed by atoms with Gasteiger partial charge in [0.15, 0.2) is 0 Å². The molecule has 1 nitrogen and oxygen atoms in total. The molecular formula is C14H18OS. The highest BCUT2D eigenvalue weighted by Gasteiger charge is 1.99. The molecule has 0 unspecified atom stereocenters. The number of phenols is 1. The van der Waals surface area contributed by atoms with Crippen LogP contribution in [0.5, 0.6) is 5.75 Å². The number of rotatable bonds is 1. The summed E-state index contributed by atoms with van der Waals surface area (Å²) in [7, 11) is 0. The lowest BCUT2D eigenvalue weighted by Crippen LogP contribution is -1.69. The maximum Gasteiger partial charge on any atom is 0.115 e. The molecule has 0 aliphatic carbocycles. The Hall–Kier alpha value is -1.28. The first kappa shape index (κ1) is 12.8. The first-order valence-corrected chi connectivity index (χ1v) is 6.34. The fraction of sp³-hybridized carbons (Fsp3) is 0.286. The standard InChI is InChI=1S/C11H10OS.C3H8/c1-8-2-7-11(13-8)9-3-5-10(12)6-4-9;1-3-2/h2-7,12H,1H3;3H2,1-2H3. The van der Waals surface area contributed by atoms with Gasteiger partial charge in [-0.3, -0.25) is 0 Å². The number of phenolic OH excluding ortho intramolecular Hbond substituents is 1. The molecule has 0 spiro atoms. The second-order valence-electron chi connectivity index (χ2n) is 3.66. The van der Waals surface area contributed by atoms with Gasteiger partial charge in [0.1, 0.15) is 5.75 Å². The van der Waals surface area contributed by atoms with Crippen LogP contribution in [-0.2, 0) is 0 Å². The predicted molar refractivity (Wildman–Crippen MR) is 72.1 cm³/mol. The van der Waals surface area contributed by atoms with Crippen LogP contribution in [0, 0.1) is 6.92 Å². The summed E-state index contributed by atoms with van der Waals surface area (Å²) in [5.74, 6) is 0.317. The number of hydrogen-bond donors (Lipinski definition) is 1. The predicted octanol–water partition coefficient (Wildman–Crippen LogP) is 4.85. The minimum Gasteiger partial charge on any atom is -0.508 e. The fourth-order valence-electron chi connectivity index (χ4n) is 1.22. The van der Waals surface area contributed by atoms with Crippen molar-refractivity contribution in [2.45, 2.75) is 27.2 Å². The molecule has 0 aliphatic heterocycles. The summed E-state index contributed by atoms with van der Waals surface area (Å²) in [5.41, 5.74) is 1.16. The molecule has 1 aromatic carbocycles. The van der Waals surface area contributed by atoms with Crippen molar-refractivity contribution in [1.82, 2.24) is 0 Å². The third-order valence-corrected chi connectivity index (χ3v) is 2.94. The zero-order chi connectivity index (χ0) is 12.0. The van der Waals surface area contributed by atoms with Crippen molar-refractivity contribution in [3.8, 4) is 16.2 Å². The Bertz CT molecular complexity index is 415. The number of benzene rings is 1. The molecule has 2 heteroatoms. The number of hydrogen-bond acceptors (Lipinski definition) is 2. The van der Waals surface area contributed by atoms with E-state index in [9.17, 15) is 0 Å². The fourth-order valence-corrected chi connectivity index (χ4v) is 2.09. The van der Waals surface area contributed by atoms with E-state index < -0.39 is 0 Å². The normalized spacial score (nSPS) is 9.44. The molecule has 0 radical (unpaired) electrons. The van der Waals surface area contributed by atoms with Gasteiger partial charge >= 0.3 is 0 Å². The van der Waals surface area contributed by atoms with Gasteiger partial charge < -0.3 is 5.11 Å². The van der Waals surface area contributed by atoms with E-state index >= 15 is 0 Å². The first-order chi connectivity index (χ1) is 7.67. The SMILES string of the molecule is CCC.Cc1ccc(-c2ccc(O)cc2)s1. The number of thiophene rings is 1. The summed E-state index contributed by atoms with van der Waals surface area (Å²) < 4.78 is 0. The van der Waals surface area contributed by atoms with Crippen LogP contribution in [0.4, 0.5) is 0 Å². The maximum absolute atomic E-state index is 9.11. The van der Waals surface area contributed by atoms with Gasteiger partial charge in [-0.1, -0.05) is 20.3 Å². The van der Waals surface area contributed by atoms with Crippen molar-refractivity contribution in [3.05, 3.63) is 41.3 Å². The molecule has 1 N–H and O–H groups in total. The summed E-state index contributed by atoms with van der Waals surface area (Å²) in [6, 6.07) is 11.5. The lowest BCUT2D eigenvalue weighted by molar-refractivity contribution is 0.475. The summed E-state index contributed by atoms with van der Waals surface area (Å²) in [4.78, 5) is 2.56. The highest BCUT2D eigenvalue weighted by Crippen LogP contribution is 2.28. The number of aromatic hydroxyl groups is 1. The van der Waals surface area contributed by atoms with E-state index in [2.05, 4.69) is 32.9 Å². The Balaban J connectivity index is 0.000000386. The van der Waals surface area contributed by atoms with Crippen molar-refractivity contribution in [2.75, 3.05) is 0 Å². The largest absolute Gasteiger partial charge is 0.508 e. The molecule has 0 bridgehead atoms. The van der Waals surface area contributed by atoms with Gasteiger partial charge in [0.05, 0.1) is 0 Å². The van der Waals surface area contributed by atoms with Crippen LogP contribution in [0.2, 0.25) is 0 Å². The van der Waals surface area contributed by atoms with Crippen molar-refractivity contribution in [1.29, 1.82) is 0 Å². The van der Waals surface area contributed by atoms with Gasteiger partial charge in [-0.15, -0.1) is 11.3 Å². The molecule has 1 aromatic heterocycles. The average molecular weight is 234 g/mol. The molecule has 86 valence electrons. The zero-order valence-electron chi connectivity index (χ0n) is 10.0. The molecule has 0 amide bonds. The minimum absolute atomic E-state index is 0.317. The lowest BCUT2D eigenvalue weighted by atomic mass is 10.2. The van der Waals surface area contributed by atoms with E-state index in [1.807, 2.05) is 12.1 Å². The van der Waals surface area contributed by atoms with Crippen molar-refractivity contribution in [2.24, 2.45) is 0 Å². The Morgan fingerprint density at radius 1 is 1.00 bits per heavy atom. The van der Waals surface area contributed by atoms with Gasteiger partial charge in [0.2, 0.25) is 0 Å². The van der Waals surface area contributed by atoms with Crippen LogP contribution in [0.15, 0.2) is 36.4 Å². The van der Waals surface area contributed by atoms with Gasteiger partial charge in [-0.05, 0) is 48.9 Å². The number of aryl methyl sites for hydroxylation is 1. The Labute approximate surface area is 101 Å². The van der Waals surface area contributed by atoms with Crippen LogP contribution < -0.4 is 0 Å². The second kappa shape index (κ2) is 6.33. The van der Waals surface area contributed by atoms with E-state index in [4.69, 9.17) is 5.11 Å². The quantitative estimate of drug-likeness (QED) is 0.748.